The van der Waals surface area contributed by atoms with Gasteiger partial charge in [0.2, 0.25) is 11.8 Å². The van der Waals surface area contributed by atoms with E-state index in [1.807, 2.05) is 0 Å². The normalized spacial score (nSPS) is 14.8. The summed E-state index contributed by atoms with van der Waals surface area (Å²) in [6, 6.07) is 3.17. The van der Waals surface area contributed by atoms with Crippen molar-refractivity contribution in [2.45, 2.75) is 59.3 Å². The molecule has 0 aliphatic carbocycles. The number of carboxylic acid groups (broad SMARTS) is 2. The molecule has 0 unspecified atom stereocenters. The maximum absolute atomic E-state index is 15.5. The van der Waals surface area contributed by atoms with E-state index in [1.165, 1.54) is 37.9 Å². The maximum atomic E-state index is 15.5. The lowest BCUT2D eigenvalue weighted by Gasteiger charge is -2.17. The van der Waals surface area contributed by atoms with Crippen LogP contribution < -0.4 is 18.9 Å². The van der Waals surface area contributed by atoms with Gasteiger partial charge in [-0.25, -0.2) is 8.78 Å². The van der Waals surface area contributed by atoms with Gasteiger partial charge in [0.05, 0.1) is 39.3 Å². The monoisotopic (exact) mass is 634 g/mol. The number of amides is 2. The highest BCUT2D eigenvalue weighted by atomic mass is 19.1. The second kappa shape index (κ2) is 14.0. The molecule has 2 atom stereocenters. The summed E-state index contributed by atoms with van der Waals surface area (Å²) in [6.07, 6.45) is -0.193. The molecule has 0 saturated carbocycles. The van der Waals surface area contributed by atoms with Gasteiger partial charge >= 0.3 is 11.9 Å². The van der Waals surface area contributed by atoms with Crippen molar-refractivity contribution in [2.24, 2.45) is 11.8 Å². The van der Waals surface area contributed by atoms with Crippen LogP contribution in [0.15, 0.2) is 12.1 Å². The fourth-order valence-corrected chi connectivity index (χ4v) is 5.21. The van der Waals surface area contributed by atoms with Crippen LogP contribution in [-0.4, -0.2) is 71.2 Å². The highest BCUT2D eigenvalue weighted by molar-refractivity contribution is 5.83. The van der Waals surface area contributed by atoms with Crippen molar-refractivity contribution in [1.82, 2.24) is 9.80 Å². The minimum Gasteiger partial charge on any atom is -0.493 e. The van der Waals surface area contributed by atoms with Gasteiger partial charge in [0.15, 0.2) is 34.6 Å². The van der Waals surface area contributed by atoms with Crippen LogP contribution in [0.2, 0.25) is 0 Å². The number of benzene rings is 2. The van der Waals surface area contributed by atoms with Gasteiger partial charge in [-0.3, -0.25) is 19.2 Å². The van der Waals surface area contributed by atoms with Crippen LogP contribution in [0.3, 0.4) is 0 Å². The molecule has 12 nitrogen and oxygen atoms in total. The van der Waals surface area contributed by atoms with E-state index in [1.54, 1.807) is 12.1 Å². The number of ether oxygens (including phenoxy) is 4. The fourth-order valence-electron chi connectivity index (χ4n) is 5.21. The van der Waals surface area contributed by atoms with Crippen LogP contribution in [0.1, 0.15) is 55.4 Å². The predicted molar refractivity (Wildman–Crippen MR) is 153 cm³/mol. The Morgan fingerprint density at radius 2 is 1.11 bits per heavy atom. The number of aliphatic carboxylic acids is 2. The van der Waals surface area contributed by atoms with Crippen molar-refractivity contribution in [2.75, 3.05) is 27.4 Å². The number of carbonyl (C=O) groups excluding carboxylic acids is 2. The molecule has 0 bridgehead atoms. The molecule has 0 spiro atoms. The molecule has 2 aliphatic rings. The third-order valence-corrected chi connectivity index (χ3v) is 7.91. The number of halogens is 2. The first-order valence-corrected chi connectivity index (χ1v) is 14.4. The van der Waals surface area contributed by atoms with E-state index in [4.69, 9.17) is 29.2 Å². The highest BCUT2D eigenvalue weighted by Gasteiger charge is 2.33. The van der Waals surface area contributed by atoms with Gasteiger partial charge in [-0.05, 0) is 23.3 Å². The highest BCUT2D eigenvalue weighted by Crippen LogP contribution is 2.40. The molecular weight excluding hydrogens is 598 g/mol. The molecule has 14 heteroatoms. The van der Waals surface area contributed by atoms with E-state index in [2.05, 4.69) is 0 Å². The Bertz CT molecular complexity index is 1390. The zero-order valence-corrected chi connectivity index (χ0v) is 25.5. The molecule has 2 amide bonds. The molecule has 2 N–H and O–H groups in total. The molecule has 4 rings (SSSR count). The van der Waals surface area contributed by atoms with Gasteiger partial charge in [0.1, 0.15) is 0 Å². The zero-order valence-electron chi connectivity index (χ0n) is 25.5. The summed E-state index contributed by atoms with van der Waals surface area (Å²) in [6.45, 7) is 2.98. The van der Waals surface area contributed by atoms with E-state index in [0.29, 0.717) is 11.1 Å². The van der Waals surface area contributed by atoms with Crippen molar-refractivity contribution in [1.29, 1.82) is 0 Å². The number of hydrogen-bond acceptors (Lipinski definition) is 8. The van der Waals surface area contributed by atoms with E-state index in [0.717, 1.165) is 0 Å². The molecule has 0 radical (unpaired) electrons. The minimum absolute atomic E-state index is 0.0241. The standard InChI is InChI=1S/C31H36F2N2O10/c1-16(30(38)39)8-24(36)34-12-18-10-22(42-3)28(26(32)20(18)14-34)44-6-5-7-45-29-23(43-4)11-19-13-35(15-21(19)27(29)33)25(37)9-17(2)31(40)41/h10-11,16-17H,5-9,12-15H2,1-4H3,(H,38,39)(H,40,41)/t16-,17-/m0/s1. The van der Waals surface area contributed by atoms with Crippen molar-refractivity contribution < 1.29 is 57.1 Å². The van der Waals surface area contributed by atoms with Gasteiger partial charge in [0, 0.05) is 56.6 Å². The number of rotatable bonds is 14. The fraction of sp³-hybridized carbons (Fsp3) is 0.484. The van der Waals surface area contributed by atoms with Gasteiger partial charge in [0.25, 0.3) is 0 Å². The molecular formula is C31H36F2N2O10. The molecule has 2 heterocycles. The van der Waals surface area contributed by atoms with Crippen LogP contribution in [0.5, 0.6) is 23.0 Å². The quantitative estimate of drug-likeness (QED) is 0.294. The first kappa shape index (κ1) is 33.3. The van der Waals surface area contributed by atoms with Gasteiger partial charge in [-0.1, -0.05) is 13.8 Å². The summed E-state index contributed by atoms with van der Waals surface area (Å²) in [5, 5.41) is 18.2. The van der Waals surface area contributed by atoms with Gasteiger partial charge < -0.3 is 39.0 Å². The summed E-state index contributed by atoms with van der Waals surface area (Å²) in [7, 11) is 2.71. The summed E-state index contributed by atoms with van der Waals surface area (Å²) in [4.78, 5) is 50.2. The van der Waals surface area contributed by atoms with Crippen molar-refractivity contribution in [3.8, 4) is 23.0 Å². The number of carbonyl (C=O) groups is 4. The number of fused-ring (bicyclic) bond motifs is 2. The number of methoxy groups -OCH3 is 2. The van der Waals surface area contributed by atoms with Crippen LogP contribution in [0, 0.1) is 23.5 Å². The second-order valence-corrected chi connectivity index (χ2v) is 11.2. The lowest BCUT2D eigenvalue weighted by atomic mass is 10.1. The Labute approximate surface area is 258 Å². The molecule has 244 valence electrons. The van der Waals surface area contributed by atoms with Crippen molar-refractivity contribution >= 4 is 23.8 Å². The Kier molecular flexibility index (Phi) is 10.3. The van der Waals surface area contributed by atoms with E-state index in [9.17, 15) is 19.2 Å². The van der Waals surface area contributed by atoms with Crippen LogP contribution in [0.4, 0.5) is 8.78 Å². The molecule has 0 fully saturated rings. The Balaban J connectivity index is 1.36. The van der Waals surface area contributed by atoms with Crippen LogP contribution in [0.25, 0.3) is 0 Å². The Morgan fingerprint density at radius 3 is 1.44 bits per heavy atom. The SMILES string of the molecule is COc1cc2c(c(F)c1OCCCOc1c(OC)cc3c(c1F)CN(C(=O)C[C@H](C)C(=O)O)C3)CN(C(=O)C[C@H](C)C(=O)O)C2. The van der Waals surface area contributed by atoms with E-state index >= 15 is 8.78 Å². The minimum atomic E-state index is -1.09. The first-order valence-electron chi connectivity index (χ1n) is 14.4. The smallest absolute Gasteiger partial charge is 0.306 e. The van der Waals surface area contributed by atoms with Crippen molar-refractivity contribution in [3.05, 3.63) is 46.0 Å². The maximum Gasteiger partial charge on any atom is 0.306 e. The first-order chi connectivity index (χ1) is 21.4. The molecule has 0 saturated heterocycles. The third kappa shape index (κ3) is 7.21. The average molecular weight is 635 g/mol. The molecule has 2 aromatic rings. The third-order valence-electron chi connectivity index (χ3n) is 7.91. The summed E-state index contributed by atoms with van der Waals surface area (Å²) < 4.78 is 53.0. The topological polar surface area (TPSA) is 152 Å². The molecule has 2 aliphatic heterocycles. The number of hydrogen-bond donors (Lipinski definition) is 2. The van der Waals surface area contributed by atoms with Gasteiger partial charge in [-0.2, -0.15) is 0 Å². The summed E-state index contributed by atoms with van der Waals surface area (Å²) in [5.41, 5.74) is 1.58. The summed E-state index contributed by atoms with van der Waals surface area (Å²) in [5.74, 6) is -6.13. The second-order valence-electron chi connectivity index (χ2n) is 11.2. The van der Waals surface area contributed by atoms with Crippen LogP contribution in [-0.2, 0) is 45.4 Å². The van der Waals surface area contributed by atoms with Crippen molar-refractivity contribution in [3.63, 3.8) is 0 Å². The Hall–Kier alpha value is -4.62. The lowest BCUT2D eigenvalue weighted by molar-refractivity contribution is -0.145. The van der Waals surface area contributed by atoms with Gasteiger partial charge in [-0.15, -0.1) is 0 Å². The zero-order chi connectivity index (χ0) is 33.0. The number of nitrogens with zero attached hydrogens (tertiary/aromatic N) is 2. The molecule has 2 aromatic carbocycles. The predicted octanol–water partition coefficient (Wildman–Crippen LogP) is 3.74. The molecule has 0 aromatic heterocycles. The largest absolute Gasteiger partial charge is 0.493 e. The molecule has 45 heavy (non-hydrogen) atoms. The summed E-state index contributed by atoms with van der Waals surface area (Å²) >= 11 is 0. The lowest BCUT2D eigenvalue weighted by Crippen LogP contribution is -2.28. The average Bonchev–Trinajstić information content (AvgIpc) is 3.63. The van der Waals surface area contributed by atoms with Crippen LogP contribution >= 0.6 is 0 Å². The van der Waals surface area contributed by atoms with E-state index in [-0.39, 0.29) is 92.8 Å². The Morgan fingerprint density at radius 1 is 0.733 bits per heavy atom. The van der Waals surface area contributed by atoms with E-state index < -0.39 is 47.2 Å². The number of carboxylic acids is 2.